The Morgan fingerprint density at radius 1 is 0.857 bits per heavy atom. The van der Waals surface area contributed by atoms with Gasteiger partial charge in [-0.3, -0.25) is 9.59 Å². The number of nitrogens with one attached hydrogen (secondary N) is 1. The highest BCUT2D eigenvalue weighted by molar-refractivity contribution is 6.33. The molecule has 0 spiro atoms. The molecular formula is C29H32ClN3O2. The fourth-order valence-corrected chi connectivity index (χ4v) is 4.82. The second-order valence-corrected chi connectivity index (χ2v) is 9.78. The summed E-state index contributed by atoms with van der Waals surface area (Å²) in [6.07, 6.45) is 0.585. The lowest BCUT2D eigenvalue weighted by molar-refractivity contribution is -0.132. The van der Waals surface area contributed by atoms with Crippen LogP contribution in [0, 0.1) is 5.92 Å². The lowest BCUT2D eigenvalue weighted by Crippen LogP contribution is -2.49. The number of hydrogen-bond acceptors (Lipinski definition) is 3. The van der Waals surface area contributed by atoms with Gasteiger partial charge in [-0.05, 0) is 35.2 Å². The van der Waals surface area contributed by atoms with Crippen molar-refractivity contribution in [1.82, 2.24) is 4.90 Å². The molecule has 0 unspecified atom stereocenters. The first-order chi connectivity index (χ1) is 16.9. The molecule has 0 atom stereocenters. The summed E-state index contributed by atoms with van der Waals surface area (Å²) < 4.78 is 0. The number of halogens is 1. The number of rotatable bonds is 7. The zero-order chi connectivity index (χ0) is 24.8. The lowest BCUT2D eigenvalue weighted by Gasteiger charge is -2.37. The van der Waals surface area contributed by atoms with Gasteiger partial charge in [0.05, 0.1) is 16.6 Å². The van der Waals surface area contributed by atoms with Crippen LogP contribution in [0.4, 0.5) is 11.4 Å². The van der Waals surface area contributed by atoms with Crippen LogP contribution in [0.25, 0.3) is 0 Å². The molecule has 1 heterocycles. The molecule has 0 aromatic heterocycles. The minimum Gasteiger partial charge on any atom is -0.367 e. The number of carbonyl (C=O) groups is 2. The monoisotopic (exact) mass is 489 g/mol. The van der Waals surface area contributed by atoms with Gasteiger partial charge in [-0.1, -0.05) is 86.1 Å². The molecule has 1 fully saturated rings. The number of hydrogen-bond donors (Lipinski definition) is 1. The summed E-state index contributed by atoms with van der Waals surface area (Å²) in [4.78, 5) is 29.9. The molecule has 5 nitrogen and oxygen atoms in total. The maximum atomic E-state index is 13.4. The van der Waals surface area contributed by atoms with Gasteiger partial charge in [0.1, 0.15) is 0 Å². The van der Waals surface area contributed by atoms with Gasteiger partial charge in [-0.25, -0.2) is 0 Å². The third-order valence-electron chi connectivity index (χ3n) is 6.30. The minimum absolute atomic E-state index is 0.108. The van der Waals surface area contributed by atoms with Crippen LogP contribution in [0.3, 0.4) is 0 Å². The molecule has 0 aliphatic carbocycles. The van der Waals surface area contributed by atoms with Gasteiger partial charge in [-0.2, -0.15) is 0 Å². The summed E-state index contributed by atoms with van der Waals surface area (Å²) in [5, 5.41) is 3.64. The van der Waals surface area contributed by atoms with Gasteiger partial charge in [0.15, 0.2) is 0 Å². The summed E-state index contributed by atoms with van der Waals surface area (Å²) in [6, 6.07) is 25.2. The largest absolute Gasteiger partial charge is 0.367 e. The molecule has 1 aliphatic rings. The molecule has 3 aromatic rings. The molecule has 4 rings (SSSR count). The van der Waals surface area contributed by atoms with Crippen LogP contribution < -0.4 is 10.2 Å². The summed E-state index contributed by atoms with van der Waals surface area (Å²) in [5.74, 6) is 0.0482. The SMILES string of the molecule is CC(C)CC(=O)N1CCN(c2ccc(NC(=O)C(c3ccccc3)c3ccccc3)cc2Cl)CC1. The van der Waals surface area contributed by atoms with Crippen molar-refractivity contribution >= 4 is 34.8 Å². The van der Waals surface area contributed by atoms with E-state index in [1.54, 1.807) is 6.07 Å². The van der Waals surface area contributed by atoms with E-state index in [0.29, 0.717) is 36.1 Å². The highest BCUT2D eigenvalue weighted by atomic mass is 35.5. The van der Waals surface area contributed by atoms with Crippen molar-refractivity contribution in [2.45, 2.75) is 26.2 Å². The van der Waals surface area contributed by atoms with Gasteiger partial charge in [0.25, 0.3) is 0 Å². The van der Waals surface area contributed by atoms with Crippen LogP contribution in [0.1, 0.15) is 37.3 Å². The first-order valence-corrected chi connectivity index (χ1v) is 12.5. The Morgan fingerprint density at radius 3 is 1.94 bits per heavy atom. The quantitative estimate of drug-likeness (QED) is 0.456. The van der Waals surface area contributed by atoms with Gasteiger partial charge >= 0.3 is 0 Å². The molecule has 0 radical (unpaired) electrons. The number of carbonyl (C=O) groups excluding carboxylic acids is 2. The standard InChI is InChI=1S/C29H32ClN3O2/c1-21(2)19-27(34)33-17-15-32(16-18-33)26-14-13-24(20-25(26)30)31-29(35)28(22-9-5-3-6-10-22)23-11-7-4-8-12-23/h3-14,20-21,28H,15-19H2,1-2H3,(H,31,35). The molecule has 3 aromatic carbocycles. The first-order valence-electron chi connectivity index (χ1n) is 12.2. The van der Waals surface area contributed by atoms with Crippen molar-refractivity contribution in [3.8, 4) is 0 Å². The topological polar surface area (TPSA) is 52.7 Å². The van der Waals surface area contributed by atoms with Crippen molar-refractivity contribution in [2.24, 2.45) is 5.92 Å². The van der Waals surface area contributed by atoms with Crippen LogP contribution >= 0.6 is 11.6 Å². The molecule has 1 N–H and O–H groups in total. The van der Waals surface area contributed by atoms with E-state index in [0.717, 1.165) is 29.9 Å². The van der Waals surface area contributed by atoms with Gasteiger partial charge in [-0.15, -0.1) is 0 Å². The maximum Gasteiger partial charge on any atom is 0.236 e. The average molecular weight is 490 g/mol. The Morgan fingerprint density at radius 2 is 1.43 bits per heavy atom. The van der Waals surface area contributed by atoms with Crippen LogP contribution in [0.5, 0.6) is 0 Å². The average Bonchev–Trinajstić information content (AvgIpc) is 2.85. The fourth-order valence-electron chi connectivity index (χ4n) is 4.52. The molecule has 1 aliphatic heterocycles. The Hall–Kier alpha value is -3.31. The zero-order valence-electron chi connectivity index (χ0n) is 20.3. The Bertz CT molecular complexity index is 1100. The van der Waals surface area contributed by atoms with E-state index < -0.39 is 5.92 Å². The molecule has 0 bridgehead atoms. The summed E-state index contributed by atoms with van der Waals surface area (Å²) in [7, 11) is 0. The predicted molar refractivity (Wildman–Crippen MR) is 143 cm³/mol. The highest BCUT2D eigenvalue weighted by Gasteiger charge is 2.25. The number of nitrogens with zero attached hydrogens (tertiary/aromatic N) is 2. The van der Waals surface area contributed by atoms with E-state index in [1.165, 1.54) is 0 Å². The van der Waals surface area contributed by atoms with E-state index in [-0.39, 0.29) is 11.8 Å². The first kappa shape index (κ1) is 24.8. The predicted octanol–water partition coefficient (Wildman–Crippen LogP) is 5.81. The van der Waals surface area contributed by atoms with E-state index in [1.807, 2.05) is 77.7 Å². The van der Waals surface area contributed by atoms with Gasteiger partial charge in [0.2, 0.25) is 11.8 Å². The number of benzene rings is 3. The Labute approximate surface area is 212 Å². The van der Waals surface area contributed by atoms with Crippen LogP contribution in [-0.2, 0) is 9.59 Å². The summed E-state index contributed by atoms with van der Waals surface area (Å²) in [5.41, 5.74) is 3.45. The highest BCUT2D eigenvalue weighted by Crippen LogP contribution is 2.31. The second-order valence-electron chi connectivity index (χ2n) is 9.38. The zero-order valence-corrected chi connectivity index (χ0v) is 21.0. The summed E-state index contributed by atoms with van der Waals surface area (Å²) >= 11 is 6.65. The van der Waals surface area contributed by atoms with E-state index >= 15 is 0 Å². The number of piperazine rings is 1. The lowest BCUT2D eigenvalue weighted by atomic mass is 9.90. The third kappa shape index (κ3) is 6.23. The molecule has 0 saturated carbocycles. The number of anilines is 2. The molecule has 35 heavy (non-hydrogen) atoms. The molecule has 182 valence electrons. The van der Waals surface area contributed by atoms with Gasteiger partial charge in [0, 0.05) is 38.3 Å². The normalized spacial score (nSPS) is 13.9. The fraction of sp³-hybridized carbons (Fsp3) is 0.310. The second kappa shape index (κ2) is 11.4. The third-order valence-corrected chi connectivity index (χ3v) is 6.60. The molecule has 2 amide bonds. The molecular weight excluding hydrogens is 458 g/mol. The number of amides is 2. The van der Waals surface area contributed by atoms with Crippen molar-refractivity contribution in [3.05, 3.63) is 95.0 Å². The van der Waals surface area contributed by atoms with Crippen molar-refractivity contribution < 1.29 is 9.59 Å². The van der Waals surface area contributed by atoms with Crippen molar-refractivity contribution in [1.29, 1.82) is 0 Å². The Balaban J connectivity index is 1.45. The molecule has 1 saturated heterocycles. The molecule has 6 heteroatoms. The van der Waals surface area contributed by atoms with E-state index in [9.17, 15) is 9.59 Å². The minimum atomic E-state index is -0.424. The van der Waals surface area contributed by atoms with Crippen LogP contribution in [0.2, 0.25) is 5.02 Å². The van der Waals surface area contributed by atoms with Crippen LogP contribution in [-0.4, -0.2) is 42.9 Å². The van der Waals surface area contributed by atoms with Gasteiger partial charge < -0.3 is 15.1 Å². The van der Waals surface area contributed by atoms with E-state index in [4.69, 9.17) is 11.6 Å². The Kier molecular flexibility index (Phi) is 8.09. The van der Waals surface area contributed by atoms with Crippen molar-refractivity contribution in [3.63, 3.8) is 0 Å². The summed E-state index contributed by atoms with van der Waals surface area (Å²) in [6.45, 7) is 6.98. The smallest absolute Gasteiger partial charge is 0.236 e. The maximum absolute atomic E-state index is 13.4. The van der Waals surface area contributed by atoms with E-state index in [2.05, 4.69) is 24.1 Å². The van der Waals surface area contributed by atoms with Crippen LogP contribution in [0.15, 0.2) is 78.9 Å². The van der Waals surface area contributed by atoms with Crippen molar-refractivity contribution in [2.75, 3.05) is 36.4 Å².